The van der Waals surface area contributed by atoms with Crippen molar-refractivity contribution >= 4 is 17.2 Å². The summed E-state index contributed by atoms with van der Waals surface area (Å²) >= 11 is 0. The van der Waals surface area contributed by atoms with Crippen LogP contribution in [0.3, 0.4) is 0 Å². The Labute approximate surface area is 146 Å². The fourth-order valence-corrected chi connectivity index (χ4v) is 2.43. The van der Waals surface area contributed by atoms with Crippen LogP contribution < -0.4 is 5.32 Å². The van der Waals surface area contributed by atoms with E-state index in [9.17, 15) is 4.79 Å². The van der Waals surface area contributed by atoms with Gasteiger partial charge in [0.05, 0.1) is 6.61 Å². The van der Waals surface area contributed by atoms with E-state index < -0.39 is 6.10 Å². The SMILES string of the molecule is C=CCOC(C)C(=O)Nc1ccc(Cc2nnc3ccccn23)cc1. The quantitative estimate of drug-likeness (QED) is 0.674. The van der Waals surface area contributed by atoms with E-state index >= 15 is 0 Å². The van der Waals surface area contributed by atoms with Gasteiger partial charge in [-0.1, -0.05) is 24.3 Å². The number of pyridine rings is 1. The van der Waals surface area contributed by atoms with Crippen LogP contribution in [0.5, 0.6) is 0 Å². The second-order valence-electron chi connectivity index (χ2n) is 5.67. The normalized spacial score (nSPS) is 12.0. The van der Waals surface area contributed by atoms with Gasteiger partial charge in [0.15, 0.2) is 5.65 Å². The van der Waals surface area contributed by atoms with Crippen molar-refractivity contribution in [1.82, 2.24) is 14.6 Å². The maximum atomic E-state index is 12.0. The Morgan fingerprint density at radius 1 is 1.28 bits per heavy atom. The van der Waals surface area contributed by atoms with Crippen LogP contribution in [-0.4, -0.2) is 33.2 Å². The number of amides is 1. The van der Waals surface area contributed by atoms with E-state index in [1.165, 1.54) is 0 Å². The molecule has 2 heterocycles. The van der Waals surface area contributed by atoms with Gasteiger partial charge < -0.3 is 10.1 Å². The van der Waals surface area contributed by atoms with Gasteiger partial charge in [0.1, 0.15) is 11.9 Å². The minimum atomic E-state index is -0.528. The molecule has 0 aliphatic heterocycles. The lowest BCUT2D eigenvalue weighted by molar-refractivity contribution is -0.125. The molecule has 3 aromatic rings. The van der Waals surface area contributed by atoms with E-state index in [1.807, 2.05) is 53.1 Å². The van der Waals surface area contributed by atoms with Crippen LogP contribution >= 0.6 is 0 Å². The van der Waals surface area contributed by atoms with Gasteiger partial charge in [-0.3, -0.25) is 9.20 Å². The number of rotatable bonds is 7. The lowest BCUT2D eigenvalue weighted by Crippen LogP contribution is -2.27. The summed E-state index contributed by atoms with van der Waals surface area (Å²) in [5, 5.41) is 11.2. The number of ether oxygens (including phenoxy) is 1. The highest BCUT2D eigenvalue weighted by atomic mass is 16.5. The highest BCUT2D eigenvalue weighted by Gasteiger charge is 2.13. The number of hydrogen-bond donors (Lipinski definition) is 1. The zero-order valence-electron chi connectivity index (χ0n) is 14.1. The smallest absolute Gasteiger partial charge is 0.253 e. The first-order valence-electron chi connectivity index (χ1n) is 8.08. The summed E-state index contributed by atoms with van der Waals surface area (Å²) in [6, 6.07) is 13.5. The van der Waals surface area contributed by atoms with Crippen LogP contribution in [0, 0.1) is 0 Å². The lowest BCUT2D eigenvalue weighted by Gasteiger charge is -2.12. The summed E-state index contributed by atoms with van der Waals surface area (Å²) < 4.78 is 7.28. The van der Waals surface area contributed by atoms with Gasteiger partial charge in [-0.2, -0.15) is 0 Å². The van der Waals surface area contributed by atoms with Crippen LogP contribution in [0.1, 0.15) is 18.3 Å². The molecule has 0 fully saturated rings. The molecular formula is C19H20N4O2. The van der Waals surface area contributed by atoms with Crippen LogP contribution in [0.4, 0.5) is 5.69 Å². The molecule has 1 N–H and O–H groups in total. The molecule has 0 spiro atoms. The number of carbonyl (C=O) groups is 1. The molecule has 128 valence electrons. The topological polar surface area (TPSA) is 68.5 Å². The maximum Gasteiger partial charge on any atom is 0.253 e. The van der Waals surface area contributed by atoms with Crippen molar-refractivity contribution < 1.29 is 9.53 Å². The van der Waals surface area contributed by atoms with E-state index in [0.717, 1.165) is 22.7 Å². The average Bonchev–Trinajstić information content (AvgIpc) is 3.04. The Hall–Kier alpha value is -2.99. The number of carbonyl (C=O) groups excluding carboxylic acids is 1. The predicted octanol–water partition coefficient (Wildman–Crippen LogP) is 2.85. The Bertz CT molecular complexity index is 871. The van der Waals surface area contributed by atoms with Gasteiger partial charge in [-0.05, 0) is 36.8 Å². The van der Waals surface area contributed by atoms with Crippen molar-refractivity contribution in [3.05, 3.63) is 72.7 Å². The van der Waals surface area contributed by atoms with Crippen molar-refractivity contribution in [3.63, 3.8) is 0 Å². The first-order chi connectivity index (χ1) is 12.2. The Morgan fingerprint density at radius 2 is 2.08 bits per heavy atom. The molecular weight excluding hydrogens is 316 g/mol. The molecule has 6 heteroatoms. The molecule has 0 bridgehead atoms. The van der Waals surface area contributed by atoms with Gasteiger partial charge in [-0.25, -0.2) is 0 Å². The van der Waals surface area contributed by atoms with Crippen molar-refractivity contribution in [2.75, 3.05) is 11.9 Å². The molecule has 25 heavy (non-hydrogen) atoms. The van der Waals surface area contributed by atoms with Gasteiger partial charge in [0.2, 0.25) is 0 Å². The first-order valence-corrected chi connectivity index (χ1v) is 8.08. The fraction of sp³-hybridized carbons (Fsp3) is 0.211. The van der Waals surface area contributed by atoms with Crippen LogP contribution in [0.15, 0.2) is 61.3 Å². The summed E-state index contributed by atoms with van der Waals surface area (Å²) in [7, 11) is 0. The molecule has 0 saturated heterocycles. The number of fused-ring (bicyclic) bond motifs is 1. The van der Waals surface area contributed by atoms with E-state index in [4.69, 9.17) is 4.74 Å². The second kappa shape index (κ2) is 7.72. The third kappa shape index (κ3) is 4.10. The van der Waals surface area contributed by atoms with Crippen LogP contribution in [-0.2, 0) is 16.0 Å². The number of anilines is 1. The number of hydrogen-bond acceptors (Lipinski definition) is 4. The molecule has 0 aliphatic rings. The minimum Gasteiger partial charge on any atom is -0.365 e. The zero-order valence-corrected chi connectivity index (χ0v) is 14.1. The first kappa shape index (κ1) is 16.9. The molecule has 0 radical (unpaired) electrons. The van der Waals surface area contributed by atoms with Crippen LogP contribution in [0.25, 0.3) is 5.65 Å². The second-order valence-corrected chi connectivity index (χ2v) is 5.67. The molecule has 6 nitrogen and oxygen atoms in total. The zero-order chi connectivity index (χ0) is 17.6. The molecule has 1 unspecified atom stereocenters. The van der Waals surface area contributed by atoms with Gasteiger partial charge in [-0.15, -0.1) is 16.8 Å². The van der Waals surface area contributed by atoms with Gasteiger partial charge in [0.25, 0.3) is 5.91 Å². The number of nitrogens with one attached hydrogen (secondary N) is 1. The van der Waals surface area contributed by atoms with E-state index in [1.54, 1.807) is 13.0 Å². The van der Waals surface area contributed by atoms with Crippen LogP contribution in [0.2, 0.25) is 0 Å². The van der Waals surface area contributed by atoms with Crippen molar-refractivity contribution in [2.24, 2.45) is 0 Å². The monoisotopic (exact) mass is 336 g/mol. The molecule has 1 amide bonds. The van der Waals surface area contributed by atoms with E-state index in [2.05, 4.69) is 22.1 Å². The highest BCUT2D eigenvalue weighted by Crippen LogP contribution is 2.14. The molecule has 3 rings (SSSR count). The largest absolute Gasteiger partial charge is 0.365 e. The third-order valence-corrected chi connectivity index (χ3v) is 3.80. The number of aromatic nitrogens is 3. The van der Waals surface area contributed by atoms with E-state index in [0.29, 0.717) is 13.0 Å². The number of benzene rings is 1. The Kier molecular flexibility index (Phi) is 5.20. The average molecular weight is 336 g/mol. The lowest BCUT2D eigenvalue weighted by atomic mass is 10.1. The predicted molar refractivity (Wildman–Crippen MR) is 96.5 cm³/mol. The number of nitrogens with zero attached hydrogens (tertiary/aromatic N) is 3. The molecule has 1 atom stereocenters. The molecule has 0 saturated carbocycles. The maximum absolute atomic E-state index is 12.0. The summed E-state index contributed by atoms with van der Waals surface area (Å²) in [5.74, 6) is 0.692. The van der Waals surface area contributed by atoms with Crippen molar-refractivity contribution in [2.45, 2.75) is 19.4 Å². The van der Waals surface area contributed by atoms with Gasteiger partial charge in [0, 0.05) is 18.3 Å². The molecule has 2 aromatic heterocycles. The van der Waals surface area contributed by atoms with Crippen molar-refractivity contribution in [3.8, 4) is 0 Å². The summed E-state index contributed by atoms with van der Waals surface area (Å²) in [5.41, 5.74) is 2.65. The Balaban J connectivity index is 1.64. The standard InChI is InChI=1S/C19H20N4O2/c1-3-12-25-14(2)19(24)20-16-9-7-15(8-10-16)13-18-22-21-17-6-4-5-11-23(17)18/h3-11,14H,1,12-13H2,2H3,(H,20,24). The molecule has 0 aliphatic carbocycles. The summed E-state index contributed by atoms with van der Waals surface area (Å²) in [4.78, 5) is 12.0. The Morgan fingerprint density at radius 3 is 2.84 bits per heavy atom. The van der Waals surface area contributed by atoms with Crippen molar-refractivity contribution in [1.29, 1.82) is 0 Å². The fourth-order valence-electron chi connectivity index (χ4n) is 2.43. The third-order valence-electron chi connectivity index (χ3n) is 3.80. The van der Waals surface area contributed by atoms with Gasteiger partial charge >= 0.3 is 0 Å². The van der Waals surface area contributed by atoms with E-state index in [-0.39, 0.29) is 5.91 Å². The summed E-state index contributed by atoms with van der Waals surface area (Å²) in [6.45, 7) is 5.63. The minimum absolute atomic E-state index is 0.182. The molecule has 1 aromatic carbocycles. The summed E-state index contributed by atoms with van der Waals surface area (Å²) in [6.07, 6.45) is 3.70. The highest BCUT2D eigenvalue weighted by molar-refractivity contribution is 5.93.